The fourth-order valence-corrected chi connectivity index (χ4v) is 3.94. The van der Waals surface area contributed by atoms with Crippen LogP contribution in [0, 0.1) is 5.82 Å². The predicted molar refractivity (Wildman–Crippen MR) is 113 cm³/mol. The van der Waals surface area contributed by atoms with Gasteiger partial charge in [-0.25, -0.2) is 9.37 Å². The molecule has 3 aromatic rings. The van der Waals surface area contributed by atoms with E-state index in [4.69, 9.17) is 0 Å². The Hall–Kier alpha value is -3.32. The molecule has 2 amide bonds. The lowest BCUT2D eigenvalue weighted by atomic mass is 10.1. The second kappa shape index (κ2) is 7.97. The van der Waals surface area contributed by atoms with Crippen molar-refractivity contribution >= 4 is 40.0 Å². The first-order chi connectivity index (χ1) is 14.0. The number of hydrogen-bond acceptors (Lipinski definition) is 4. The number of rotatable bonds is 4. The minimum Gasteiger partial charge on any atom is -0.312 e. The average molecular weight is 407 g/mol. The molecule has 1 aliphatic heterocycles. The Morgan fingerprint density at radius 1 is 1.21 bits per heavy atom. The van der Waals surface area contributed by atoms with Gasteiger partial charge >= 0.3 is 0 Å². The van der Waals surface area contributed by atoms with E-state index in [0.717, 1.165) is 34.5 Å². The van der Waals surface area contributed by atoms with Crippen LogP contribution in [0.3, 0.4) is 0 Å². The van der Waals surface area contributed by atoms with Crippen LogP contribution in [0.2, 0.25) is 0 Å². The summed E-state index contributed by atoms with van der Waals surface area (Å²) in [5.41, 5.74) is 4.45. The van der Waals surface area contributed by atoms with Crippen LogP contribution in [0.4, 0.5) is 15.2 Å². The summed E-state index contributed by atoms with van der Waals surface area (Å²) in [4.78, 5) is 30.2. The lowest BCUT2D eigenvalue weighted by Crippen LogP contribution is -2.25. The largest absolute Gasteiger partial charge is 0.312 e. The second-order valence-electron chi connectivity index (χ2n) is 6.68. The molecule has 1 aromatic heterocycles. The Labute approximate surface area is 171 Å². The molecule has 0 saturated carbocycles. The lowest BCUT2D eigenvalue weighted by Gasteiger charge is -2.15. The number of carbonyl (C=O) groups excluding carboxylic acids is 2. The van der Waals surface area contributed by atoms with Gasteiger partial charge in [-0.05, 0) is 41.8 Å². The third-order valence-electron chi connectivity index (χ3n) is 4.69. The summed E-state index contributed by atoms with van der Waals surface area (Å²) >= 11 is 1.33. The molecule has 0 radical (unpaired) electrons. The van der Waals surface area contributed by atoms with Crippen LogP contribution >= 0.6 is 11.3 Å². The number of carbonyl (C=O) groups is 2. The highest BCUT2D eigenvalue weighted by Gasteiger charge is 2.22. The van der Waals surface area contributed by atoms with Crippen LogP contribution in [0.1, 0.15) is 18.1 Å². The van der Waals surface area contributed by atoms with E-state index in [-0.39, 0.29) is 17.6 Å². The Bertz CT molecular complexity index is 1110. The van der Waals surface area contributed by atoms with E-state index in [1.807, 2.05) is 23.6 Å². The molecule has 2 aromatic carbocycles. The third-order valence-corrected chi connectivity index (χ3v) is 5.45. The molecule has 2 heterocycles. The maximum absolute atomic E-state index is 12.9. The first kappa shape index (κ1) is 19.0. The summed E-state index contributed by atoms with van der Waals surface area (Å²) < 4.78 is 12.9. The van der Waals surface area contributed by atoms with Crippen molar-refractivity contribution in [1.82, 2.24) is 4.98 Å². The molecule has 0 unspecified atom stereocenters. The van der Waals surface area contributed by atoms with Gasteiger partial charge in [0.05, 0.1) is 5.69 Å². The van der Waals surface area contributed by atoms with E-state index in [2.05, 4.69) is 10.3 Å². The summed E-state index contributed by atoms with van der Waals surface area (Å²) in [6.45, 7) is 2.27. The number of nitrogens with one attached hydrogen (secondary N) is 1. The van der Waals surface area contributed by atoms with Crippen molar-refractivity contribution in [1.29, 1.82) is 0 Å². The van der Waals surface area contributed by atoms with Gasteiger partial charge in [0.25, 0.3) is 0 Å². The highest BCUT2D eigenvalue weighted by Crippen LogP contribution is 2.34. The molecule has 0 saturated heterocycles. The summed E-state index contributed by atoms with van der Waals surface area (Å²) in [6, 6.07) is 11.9. The van der Waals surface area contributed by atoms with Crippen LogP contribution in [0.15, 0.2) is 53.9 Å². The number of halogens is 1. The normalized spacial score (nSPS) is 13.0. The van der Waals surface area contributed by atoms with Gasteiger partial charge in [-0.2, -0.15) is 0 Å². The fraction of sp³-hybridized carbons (Fsp3) is 0.136. The van der Waals surface area contributed by atoms with E-state index >= 15 is 0 Å². The molecule has 0 atom stereocenters. The molecule has 0 spiro atoms. The van der Waals surface area contributed by atoms with Gasteiger partial charge in [-0.15, -0.1) is 11.3 Å². The van der Waals surface area contributed by atoms with E-state index in [1.165, 1.54) is 29.5 Å². The second-order valence-corrected chi connectivity index (χ2v) is 7.53. The monoisotopic (exact) mass is 407 g/mol. The molecule has 0 fully saturated rings. The topological polar surface area (TPSA) is 62.3 Å². The Morgan fingerprint density at radius 2 is 2.00 bits per heavy atom. The quantitative estimate of drug-likeness (QED) is 0.648. The van der Waals surface area contributed by atoms with Crippen molar-refractivity contribution in [2.75, 3.05) is 16.8 Å². The van der Waals surface area contributed by atoms with Gasteiger partial charge in [0.15, 0.2) is 5.13 Å². The summed E-state index contributed by atoms with van der Waals surface area (Å²) in [6.07, 6.45) is 3.85. The maximum atomic E-state index is 12.9. The molecule has 4 rings (SSSR count). The van der Waals surface area contributed by atoms with Gasteiger partial charge in [0.1, 0.15) is 5.82 Å². The molecular weight excluding hydrogens is 389 g/mol. The van der Waals surface area contributed by atoms with E-state index in [1.54, 1.807) is 30.0 Å². The first-order valence-corrected chi connectivity index (χ1v) is 9.99. The van der Waals surface area contributed by atoms with Crippen LogP contribution in [-0.2, 0) is 16.0 Å². The molecule has 1 aliphatic rings. The number of benzene rings is 2. The van der Waals surface area contributed by atoms with Crippen LogP contribution in [0.25, 0.3) is 17.3 Å². The zero-order valence-corrected chi connectivity index (χ0v) is 16.5. The first-order valence-electron chi connectivity index (χ1n) is 9.11. The molecule has 0 aliphatic carbocycles. The molecule has 7 heteroatoms. The van der Waals surface area contributed by atoms with E-state index in [9.17, 15) is 14.0 Å². The standard InChI is InChI=1S/C22H18FN3O2S/c1-14(27)26-11-10-16-5-6-17(12-20(16)26)19-13-29-22(24-19)25-21(28)9-4-15-2-7-18(23)8-3-15/h2-9,12-13H,10-11H2,1H3,(H,24,25,28)/b9-4+. The van der Waals surface area contributed by atoms with Gasteiger partial charge < -0.3 is 4.90 Å². The number of nitrogens with zero attached hydrogens (tertiary/aromatic N) is 2. The zero-order valence-electron chi connectivity index (χ0n) is 15.7. The molecule has 29 heavy (non-hydrogen) atoms. The molecule has 5 nitrogen and oxygen atoms in total. The van der Waals surface area contributed by atoms with Crippen LogP contribution in [0.5, 0.6) is 0 Å². The fourth-order valence-electron chi connectivity index (χ4n) is 3.22. The highest BCUT2D eigenvalue weighted by atomic mass is 32.1. The average Bonchev–Trinajstić information content (AvgIpc) is 3.34. The van der Waals surface area contributed by atoms with Crippen LogP contribution < -0.4 is 10.2 Å². The Kier molecular flexibility index (Phi) is 5.22. The Balaban J connectivity index is 1.46. The van der Waals surface area contributed by atoms with Crippen molar-refractivity contribution in [3.63, 3.8) is 0 Å². The van der Waals surface area contributed by atoms with Gasteiger partial charge in [0, 0.05) is 36.2 Å². The smallest absolute Gasteiger partial charge is 0.250 e. The number of anilines is 2. The number of fused-ring (bicyclic) bond motifs is 1. The number of aromatic nitrogens is 1. The number of thiazole rings is 1. The lowest BCUT2D eigenvalue weighted by molar-refractivity contribution is -0.116. The molecule has 0 bridgehead atoms. The maximum Gasteiger partial charge on any atom is 0.250 e. The van der Waals surface area contributed by atoms with Gasteiger partial charge in [-0.1, -0.05) is 24.3 Å². The molecule has 146 valence electrons. The van der Waals surface area contributed by atoms with Crippen molar-refractivity contribution in [2.45, 2.75) is 13.3 Å². The van der Waals surface area contributed by atoms with Crippen molar-refractivity contribution in [2.24, 2.45) is 0 Å². The van der Waals surface area contributed by atoms with Gasteiger partial charge in [0.2, 0.25) is 11.8 Å². The van der Waals surface area contributed by atoms with Gasteiger partial charge in [-0.3, -0.25) is 14.9 Å². The van der Waals surface area contributed by atoms with Crippen molar-refractivity contribution in [3.05, 3.63) is 70.9 Å². The minimum atomic E-state index is -0.320. The van der Waals surface area contributed by atoms with Crippen molar-refractivity contribution < 1.29 is 14.0 Å². The summed E-state index contributed by atoms with van der Waals surface area (Å²) in [5, 5.41) is 5.09. The summed E-state index contributed by atoms with van der Waals surface area (Å²) in [5.74, 6) is -0.605. The SMILES string of the molecule is CC(=O)N1CCc2ccc(-c3csc(NC(=O)/C=C/c4ccc(F)cc4)n3)cc21. The summed E-state index contributed by atoms with van der Waals surface area (Å²) in [7, 11) is 0. The predicted octanol–water partition coefficient (Wildman–Crippen LogP) is 4.51. The van der Waals surface area contributed by atoms with Crippen LogP contribution in [-0.4, -0.2) is 23.3 Å². The molecular formula is C22H18FN3O2S. The van der Waals surface area contributed by atoms with Crippen molar-refractivity contribution in [3.8, 4) is 11.3 Å². The number of amides is 2. The highest BCUT2D eigenvalue weighted by molar-refractivity contribution is 7.14. The molecule has 1 N–H and O–H groups in total. The zero-order chi connectivity index (χ0) is 20.4. The minimum absolute atomic E-state index is 0.0278. The van der Waals surface area contributed by atoms with E-state index in [0.29, 0.717) is 11.7 Å². The third kappa shape index (κ3) is 4.25. The Morgan fingerprint density at radius 3 is 2.76 bits per heavy atom. The number of hydrogen-bond donors (Lipinski definition) is 1. The van der Waals surface area contributed by atoms with E-state index < -0.39 is 0 Å².